The Balaban J connectivity index is 2.21. The van der Waals surface area contributed by atoms with E-state index in [-0.39, 0.29) is 17.9 Å². The van der Waals surface area contributed by atoms with Gasteiger partial charge in [-0.1, -0.05) is 15.9 Å². The van der Waals surface area contributed by atoms with Crippen LogP contribution in [0.15, 0.2) is 28.7 Å². The second-order valence-electron chi connectivity index (χ2n) is 4.79. The van der Waals surface area contributed by atoms with Crippen LogP contribution in [-0.2, 0) is 9.63 Å². The summed E-state index contributed by atoms with van der Waals surface area (Å²) in [7, 11) is 0. The highest BCUT2D eigenvalue weighted by Crippen LogP contribution is 2.16. The lowest BCUT2D eigenvalue weighted by Gasteiger charge is -2.18. The molecule has 0 atom stereocenters. The molecule has 0 aromatic heterocycles. The lowest BCUT2D eigenvalue weighted by molar-refractivity contribution is -0.146. The summed E-state index contributed by atoms with van der Waals surface area (Å²) in [5, 5.41) is 0. The summed E-state index contributed by atoms with van der Waals surface area (Å²) in [6.07, 6.45) is 0.256. The highest BCUT2D eigenvalue weighted by molar-refractivity contribution is 9.10. The molecule has 0 unspecified atom stereocenters. The minimum absolute atomic E-state index is 0.193. The molecule has 0 fully saturated rings. The largest absolute Gasteiger partial charge is 0.493 e. The van der Waals surface area contributed by atoms with Crippen molar-refractivity contribution in [1.82, 2.24) is 5.48 Å². The van der Waals surface area contributed by atoms with E-state index >= 15 is 0 Å². The average molecular weight is 316 g/mol. The van der Waals surface area contributed by atoms with E-state index in [1.54, 1.807) is 0 Å². The molecule has 1 aromatic rings. The fourth-order valence-electron chi connectivity index (χ4n) is 1.05. The first-order valence-electron chi connectivity index (χ1n) is 5.72. The Labute approximate surface area is 116 Å². The van der Waals surface area contributed by atoms with Crippen molar-refractivity contribution in [2.24, 2.45) is 0 Å². The van der Waals surface area contributed by atoms with Crippen LogP contribution < -0.4 is 10.2 Å². The number of nitrogens with one attached hydrogen (secondary N) is 1. The minimum Gasteiger partial charge on any atom is -0.493 e. The lowest BCUT2D eigenvalue weighted by atomic mass is 10.2. The van der Waals surface area contributed by atoms with Gasteiger partial charge in [-0.3, -0.25) is 9.63 Å². The fraction of sp³-hybridized carbons (Fsp3) is 0.462. The van der Waals surface area contributed by atoms with E-state index in [2.05, 4.69) is 21.4 Å². The van der Waals surface area contributed by atoms with Crippen molar-refractivity contribution in [3.05, 3.63) is 28.7 Å². The van der Waals surface area contributed by atoms with Crippen molar-refractivity contribution in [3.8, 4) is 5.75 Å². The van der Waals surface area contributed by atoms with Gasteiger partial charge in [0.2, 0.25) is 5.91 Å². The number of carbonyl (C=O) groups is 1. The van der Waals surface area contributed by atoms with Crippen molar-refractivity contribution in [1.29, 1.82) is 0 Å². The molecular weight excluding hydrogens is 298 g/mol. The first kappa shape index (κ1) is 15.0. The molecule has 100 valence electrons. The highest BCUT2D eigenvalue weighted by atomic mass is 79.9. The van der Waals surface area contributed by atoms with Crippen LogP contribution in [0.5, 0.6) is 5.75 Å². The van der Waals surface area contributed by atoms with Gasteiger partial charge in [-0.25, -0.2) is 5.48 Å². The first-order valence-corrected chi connectivity index (χ1v) is 6.51. The zero-order chi connectivity index (χ0) is 13.6. The molecule has 0 aliphatic rings. The zero-order valence-corrected chi connectivity index (χ0v) is 12.4. The van der Waals surface area contributed by atoms with E-state index in [4.69, 9.17) is 9.57 Å². The normalized spacial score (nSPS) is 11.1. The molecule has 5 heteroatoms. The summed E-state index contributed by atoms with van der Waals surface area (Å²) in [6.45, 7) is 5.92. The van der Waals surface area contributed by atoms with Crippen molar-refractivity contribution >= 4 is 21.8 Å². The Morgan fingerprint density at radius 3 is 2.44 bits per heavy atom. The van der Waals surface area contributed by atoms with Crippen LogP contribution >= 0.6 is 15.9 Å². The van der Waals surface area contributed by atoms with Crippen LogP contribution in [0.2, 0.25) is 0 Å². The van der Waals surface area contributed by atoms with E-state index in [9.17, 15) is 4.79 Å². The highest BCUT2D eigenvalue weighted by Gasteiger charge is 2.12. The molecule has 0 bridgehead atoms. The van der Waals surface area contributed by atoms with Crippen molar-refractivity contribution < 1.29 is 14.4 Å². The number of hydroxylamine groups is 1. The maximum atomic E-state index is 11.4. The van der Waals surface area contributed by atoms with Gasteiger partial charge in [0.25, 0.3) is 0 Å². The van der Waals surface area contributed by atoms with Gasteiger partial charge in [-0.05, 0) is 45.0 Å². The third-order valence-electron chi connectivity index (χ3n) is 1.88. The second kappa shape index (κ2) is 6.75. The van der Waals surface area contributed by atoms with Crippen molar-refractivity contribution in [3.63, 3.8) is 0 Å². The quantitative estimate of drug-likeness (QED) is 0.849. The van der Waals surface area contributed by atoms with Gasteiger partial charge in [-0.2, -0.15) is 0 Å². The molecule has 0 aliphatic heterocycles. The zero-order valence-electron chi connectivity index (χ0n) is 10.8. The molecule has 1 rings (SSSR count). The molecule has 0 saturated carbocycles. The Bertz CT molecular complexity index is 384. The summed E-state index contributed by atoms with van der Waals surface area (Å²) in [5.41, 5.74) is 2.00. The molecule has 4 nitrogen and oxygen atoms in total. The van der Waals surface area contributed by atoms with E-state index in [0.717, 1.165) is 10.2 Å². The van der Waals surface area contributed by atoms with Crippen LogP contribution in [0.25, 0.3) is 0 Å². The Morgan fingerprint density at radius 1 is 1.28 bits per heavy atom. The van der Waals surface area contributed by atoms with Gasteiger partial charge in [-0.15, -0.1) is 0 Å². The van der Waals surface area contributed by atoms with Crippen LogP contribution in [-0.4, -0.2) is 18.1 Å². The molecule has 1 aromatic carbocycles. The smallest absolute Gasteiger partial charge is 0.246 e. The van der Waals surface area contributed by atoms with Crippen molar-refractivity contribution in [2.75, 3.05) is 6.61 Å². The van der Waals surface area contributed by atoms with Crippen LogP contribution in [0, 0.1) is 0 Å². The number of halogens is 1. The standard InChI is InChI=1S/C13H18BrNO3/c1-13(2,3)18-15-12(16)8-9-17-11-6-4-10(14)5-7-11/h4-7H,8-9H2,1-3H3,(H,15,16). The summed E-state index contributed by atoms with van der Waals surface area (Å²) in [4.78, 5) is 16.6. The van der Waals surface area contributed by atoms with Gasteiger partial charge in [0.1, 0.15) is 5.75 Å². The first-order chi connectivity index (χ1) is 8.37. The summed E-state index contributed by atoms with van der Waals surface area (Å²) in [5.74, 6) is 0.546. The molecule has 0 heterocycles. The minimum atomic E-state index is -0.387. The number of benzene rings is 1. The molecule has 0 radical (unpaired) electrons. The summed E-state index contributed by atoms with van der Waals surface area (Å²) >= 11 is 3.34. The number of ether oxygens (including phenoxy) is 1. The number of hydrogen-bond donors (Lipinski definition) is 1. The molecule has 0 saturated heterocycles. The molecule has 0 spiro atoms. The van der Waals surface area contributed by atoms with Gasteiger partial charge < -0.3 is 4.74 Å². The van der Waals surface area contributed by atoms with E-state index in [0.29, 0.717) is 6.61 Å². The van der Waals surface area contributed by atoms with E-state index in [1.165, 1.54) is 0 Å². The van der Waals surface area contributed by atoms with E-state index < -0.39 is 0 Å². The Morgan fingerprint density at radius 2 is 1.89 bits per heavy atom. The van der Waals surface area contributed by atoms with Crippen LogP contribution in [0.1, 0.15) is 27.2 Å². The number of amides is 1. The predicted octanol–water partition coefficient (Wildman–Crippen LogP) is 3.06. The molecule has 1 amide bonds. The van der Waals surface area contributed by atoms with Crippen LogP contribution in [0.4, 0.5) is 0 Å². The van der Waals surface area contributed by atoms with Crippen LogP contribution in [0.3, 0.4) is 0 Å². The number of carbonyl (C=O) groups excluding carboxylic acids is 1. The Hall–Kier alpha value is -1.07. The maximum Gasteiger partial charge on any atom is 0.246 e. The molecule has 1 N–H and O–H groups in total. The predicted molar refractivity (Wildman–Crippen MR) is 73.2 cm³/mol. The van der Waals surface area contributed by atoms with Crippen molar-refractivity contribution in [2.45, 2.75) is 32.8 Å². The fourth-order valence-corrected chi connectivity index (χ4v) is 1.32. The Kier molecular flexibility index (Phi) is 5.62. The monoisotopic (exact) mass is 315 g/mol. The number of hydrogen-bond acceptors (Lipinski definition) is 3. The van der Waals surface area contributed by atoms with Gasteiger partial charge in [0.15, 0.2) is 0 Å². The van der Waals surface area contributed by atoms with Gasteiger partial charge >= 0.3 is 0 Å². The van der Waals surface area contributed by atoms with Gasteiger partial charge in [0, 0.05) is 4.47 Å². The molecular formula is C13H18BrNO3. The average Bonchev–Trinajstić information content (AvgIpc) is 2.28. The summed E-state index contributed by atoms with van der Waals surface area (Å²) < 4.78 is 6.42. The second-order valence-corrected chi connectivity index (χ2v) is 5.71. The molecule has 0 aliphatic carbocycles. The van der Waals surface area contributed by atoms with E-state index in [1.807, 2.05) is 45.0 Å². The SMILES string of the molecule is CC(C)(C)ONC(=O)CCOc1ccc(Br)cc1. The van der Waals surface area contributed by atoms with Gasteiger partial charge in [0.05, 0.1) is 18.6 Å². The lowest BCUT2D eigenvalue weighted by Crippen LogP contribution is -2.34. The third-order valence-corrected chi connectivity index (χ3v) is 2.41. The maximum absolute atomic E-state index is 11.4. The topological polar surface area (TPSA) is 47.6 Å². The third kappa shape index (κ3) is 6.61. The molecule has 18 heavy (non-hydrogen) atoms. The number of rotatable bonds is 5. The summed E-state index contributed by atoms with van der Waals surface area (Å²) in [6, 6.07) is 7.46.